The number of aliphatic hydroxyl groups excluding tert-OH is 2. The van der Waals surface area contributed by atoms with E-state index in [1.165, 1.54) is 128 Å². The fraction of sp³-hybridized carbons (Fsp3) is 0.815. The van der Waals surface area contributed by atoms with E-state index in [2.05, 4.69) is 74.7 Å². The number of carbonyl (C=O) groups excluding carboxylic acids is 2. The minimum absolute atomic E-state index is 0.0488. The molecular weight excluding hydrogens is 743 g/mol. The van der Waals surface area contributed by atoms with Crippen molar-refractivity contribution in [3.63, 3.8) is 0 Å². The lowest BCUT2D eigenvalue weighted by atomic mass is 10.0. The van der Waals surface area contributed by atoms with Crippen LogP contribution in [0.3, 0.4) is 0 Å². The standard InChI is InChI=1S/C54H99NO5/c1-4-7-10-13-16-19-22-24-26-28-30-32-34-37-40-43-46-52(57)51(49-56)55-53(58)48-50(60-54(59)47-44-41-38-35-21-18-15-12-9-6-3)45-42-39-36-33-31-29-27-25-23-20-17-14-11-8-5-2/h12,15,17,20,25,27,31,33,50-52,56-57H,4-11,13-14,16,18-19,21-24,26,28-30,32,34-49H2,1-3H3,(H,55,58)/b15-12-,20-17-,27-25-,33-31-. The number of ether oxygens (including phenoxy) is 1. The molecule has 0 aromatic carbocycles. The van der Waals surface area contributed by atoms with E-state index in [-0.39, 0.29) is 24.9 Å². The number of hydrogen-bond acceptors (Lipinski definition) is 5. The summed E-state index contributed by atoms with van der Waals surface area (Å²) in [6.45, 7) is 6.39. The summed E-state index contributed by atoms with van der Waals surface area (Å²) in [5, 5.41) is 23.8. The zero-order valence-corrected chi connectivity index (χ0v) is 39.8. The average molecular weight is 842 g/mol. The third-order valence-electron chi connectivity index (χ3n) is 11.6. The molecular formula is C54H99NO5. The smallest absolute Gasteiger partial charge is 0.306 e. The van der Waals surface area contributed by atoms with Crippen LogP contribution in [-0.4, -0.2) is 46.9 Å². The van der Waals surface area contributed by atoms with Crippen LogP contribution in [0.1, 0.15) is 258 Å². The van der Waals surface area contributed by atoms with Crippen LogP contribution in [-0.2, 0) is 14.3 Å². The Hall–Kier alpha value is -2.18. The lowest BCUT2D eigenvalue weighted by molar-refractivity contribution is -0.151. The predicted molar refractivity (Wildman–Crippen MR) is 259 cm³/mol. The zero-order valence-electron chi connectivity index (χ0n) is 39.8. The van der Waals surface area contributed by atoms with Gasteiger partial charge in [0.2, 0.25) is 5.91 Å². The van der Waals surface area contributed by atoms with E-state index >= 15 is 0 Å². The molecule has 0 aromatic rings. The summed E-state index contributed by atoms with van der Waals surface area (Å²) >= 11 is 0. The van der Waals surface area contributed by atoms with Crippen molar-refractivity contribution >= 4 is 11.9 Å². The van der Waals surface area contributed by atoms with E-state index in [4.69, 9.17) is 4.74 Å². The predicted octanol–water partition coefficient (Wildman–Crippen LogP) is 15.5. The van der Waals surface area contributed by atoms with Crippen molar-refractivity contribution in [2.24, 2.45) is 0 Å². The van der Waals surface area contributed by atoms with E-state index in [0.29, 0.717) is 19.3 Å². The van der Waals surface area contributed by atoms with Gasteiger partial charge in [-0.2, -0.15) is 0 Å². The summed E-state index contributed by atoms with van der Waals surface area (Å²) in [6, 6.07) is -0.715. The maximum atomic E-state index is 13.2. The van der Waals surface area contributed by atoms with Crippen LogP contribution in [0.5, 0.6) is 0 Å². The number of aliphatic hydroxyl groups is 2. The van der Waals surface area contributed by atoms with Crippen LogP contribution in [0.15, 0.2) is 48.6 Å². The molecule has 0 radical (unpaired) electrons. The van der Waals surface area contributed by atoms with Gasteiger partial charge in [-0.15, -0.1) is 0 Å². The number of unbranched alkanes of at least 4 members (excludes halogenated alkanes) is 26. The molecule has 0 bridgehead atoms. The van der Waals surface area contributed by atoms with E-state index in [0.717, 1.165) is 83.5 Å². The van der Waals surface area contributed by atoms with Crippen molar-refractivity contribution in [1.29, 1.82) is 0 Å². The van der Waals surface area contributed by atoms with Crippen molar-refractivity contribution in [3.8, 4) is 0 Å². The molecule has 3 N–H and O–H groups in total. The van der Waals surface area contributed by atoms with Gasteiger partial charge in [-0.3, -0.25) is 9.59 Å². The minimum Gasteiger partial charge on any atom is -0.462 e. The normalized spacial score (nSPS) is 13.6. The lowest BCUT2D eigenvalue weighted by Gasteiger charge is -2.24. The quantitative estimate of drug-likeness (QED) is 0.0322. The second kappa shape index (κ2) is 47.9. The number of amides is 1. The van der Waals surface area contributed by atoms with Gasteiger partial charge in [0, 0.05) is 6.42 Å². The first kappa shape index (κ1) is 57.8. The van der Waals surface area contributed by atoms with E-state index in [1.54, 1.807) is 0 Å². The van der Waals surface area contributed by atoms with Gasteiger partial charge in [-0.05, 0) is 83.5 Å². The Morgan fingerprint density at radius 3 is 1.42 bits per heavy atom. The van der Waals surface area contributed by atoms with Crippen LogP contribution in [0, 0.1) is 0 Å². The first-order valence-electron chi connectivity index (χ1n) is 25.9. The van der Waals surface area contributed by atoms with Gasteiger partial charge in [0.05, 0.1) is 25.2 Å². The Balaban J connectivity index is 4.58. The summed E-state index contributed by atoms with van der Waals surface area (Å²) in [5.74, 6) is -0.520. The zero-order chi connectivity index (χ0) is 43.8. The topological polar surface area (TPSA) is 95.9 Å². The highest BCUT2D eigenvalue weighted by Crippen LogP contribution is 2.17. The van der Waals surface area contributed by atoms with Crippen molar-refractivity contribution in [1.82, 2.24) is 5.32 Å². The molecule has 6 nitrogen and oxygen atoms in total. The Labute approximate surface area is 372 Å². The van der Waals surface area contributed by atoms with Gasteiger partial charge in [0.1, 0.15) is 6.10 Å². The molecule has 0 aromatic heterocycles. The van der Waals surface area contributed by atoms with Gasteiger partial charge in [0.15, 0.2) is 0 Å². The fourth-order valence-corrected chi connectivity index (χ4v) is 7.67. The molecule has 0 fully saturated rings. The van der Waals surface area contributed by atoms with Crippen LogP contribution in [0.4, 0.5) is 0 Å². The molecule has 0 saturated heterocycles. The summed E-state index contributed by atoms with van der Waals surface area (Å²) in [5.41, 5.74) is 0. The van der Waals surface area contributed by atoms with Gasteiger partial charge in [-0.1, -0.05) is 211 Å². The third kappa shape index (κ3) is 42.5. The Morgan fingerprint density at radius 2 is 0.883 bits per heavy atom. The minimum atomic E-state index is -0.799. The number of esters is 1. The Kier molecular flexibility index (Phi) is 46.1. The second-order valence-electron chi connectivity index (χ2n) is 17.6. The van der Waals surface area contributed by atoms with Crippen LogP contribution in [0.25, 0.3) is 0 Å². The van der Waals surface area contributed by atoms with E-state index < -0.39 is 18.2 Å². The molecule has 1 amide bonds. The van der Waals surface area contributed by atoms with Gasteiger partial charge in [0.25, 0.3) is 0 Å². The van der Waals surface area contributed by atoms with Crippen molar-refractivity contribution in [2.75, 3.05) is 6.61 Å². The molecule has 0 aliphatic rings. The highest BCUT2D eigenvalue weighted by atomic mass is 16.5. The highest BCUT2D eigenvalue weighted by molar-refractivity contribution is 5.77. The molecule has 3 unspecified atom stereocenters. The molecule has 0 spiro atoms. The first-order chi connectivity index (χ1) is 29.5. The fourth-order valence-electron chi connectivity index (χ4n) is 7.67. The molecule has 0 saturated carbocycles. The molecule has 0 aliphatic heterocycles. The number of rotatable bonds is 46. The molecule has 0 aliphatic carbocycles. The van der Waals surface area contributed by atoms with Gasteiger partial charge in [-0.25, -0.2) is 0 Å². The highest BCUT2D eigenvalue weighted by Gasteiger charge is 2.24. The lowest BCUT2D eigenvalue weighted by Crippen LogP contribution is -2.46. The van der Waals surface area contributed by atoms with Crippen LogP contribution >= 0.6 is 0 Å². The van der Waals surface area contributed by atoms with Gasteiger partial charge < -0.3 is 20.3 Å². The summed E-state index contributed by atoms with van der Waals surface area (Å²) < 4.78 is 5.90. The van der Waals surface area contributed by atoms with Crippen LogP contribution in [0.2, 0.25) is 0 Å². The molecule has 350 valence electrons. The number of nitrogens with one attached hydrogen (secondary N) is 1. The Bertz CT molecular complexity index is 1040. The van der Waals surface area contributed by atoms with Crippen molar-refractivity contribution in [2.45, 2.75) is 277 Å². The molecule has 60 heavy (non-hydrogen) atoms. The van der Waals surface area contributed by atoms with Crippen molar-refractivity contribution in [3.05, 3.63) is 48.6 Å². The summed E-state index contributed by atoms with van der Waals surface area (Å²) in [7, 11) is 0. The molecule has 0 rings (SSSR count). The maximum Gasteiger partial charge on any atom is 0.306 e. The Morgan fingerprint density at radius 1 is 0.483 bits per heavy atom. The maximum absolute atomic E-state index is 13.2. The number of carbonyl (C=O) groups is 2. The summed E-state index contributed by atoms with van der Waals surface area (Å²) in [4.78, 5) is 26.1. The largest absolute Gasteiger partial charge is 0.462 e. The number of allylic oxidation sites excluding steroid dienone is 8. The van der Waals surface area contributed by atoms with E-state index in [1.807, 2.05) is 0 Å². The molecule has 3 atom stereocenters. The van der Waals surface area contributed by atoms with Crippen molar-refractivity contribution < 1.29 is 24.5 Å². The SMILES string of the molecule is CCC/C=C\CCCCCCCC(=O)OC(CCCC/C=C\C/C=C\C/C=C\CCCCC)CC(=O)NC(CO)C(O)CCCCCCCCCCCCCCCCCC. The van der Waals surface area contributed by atoms with Gasteiger partial charge >= 0.3 is 5.97 Å². The number of hydrogen-bond donors (Lipinski definition) is 3. The monoisotopic (exact) mass is 842 g/mol. The summed E-state index contributed by atoms with van der Waals surface area (Å²) in [6.07, 6.45) is 57.4. The molecule has 0 heterocycles. The van der Waals surface area contributed by atoms with E-state index in [9.17, 15) is 19.8 Å². The average Bonchev–Trinajstić information content (AvgIpc) is 3.24. The second-order valence-corrected chi connectivity index (χ2v) is 17.6. The third-order valence-corrected chi connectivity index (χ3v) is 11.6. The molecule has 6 heteroatoms. The first-order valence-corrected chi connectivity index (χ1v) is 25.9. The van der Waals surface area contributed by atoms with Crippen LogP contribution < -0.4 is 5.32 Å².